The molecule has 2 aromatic carbocycles. The summed E-state index contributed by atoms with van der Waals surface area (Å²) in [4.78, 5) is 14.1. The van der Waals surface area contributed by atoms with Gasteiger partial charge in [-0.15, -0.1) is 0 Å². The third kappa shape index (κ3) is 5.33. The maximum atomic E-state index is 12.7. The first-order chi connectivity index (χ1) is 13.8. The lowest BCUT2D eigenvalue weighted by atomic mass is 10.2. The van der Waals surface area contributed by atoms with E-state index in [1.54, 1.807) is 47.4 Å². The van der Waals surface area contributed by atoms with Crippen LogP contribution in [-0.2, 0) is 10.0 Å². The molecular formula is C19H21Cl2N3O4S. The van der Waals surface area contributed by atoms with E-state index in [9.17, 15) is 13.2 Å². The predicted molar refractivity (Wildman–Crippen MR) is 112 cm³/mol. The van der Waals surface area contributed by atoms with Gasteiger partial charge in [0.15, 0.2) is 6.73 Å². The van der Waals surface area contributed by atoms with Crippen LogP contribution < -0.4 is 10.1 Å². The Hall–Kier alpha value is -2.00. The molecule has 0 aromatic heterocycles. The topological polar surface area (TPSA) is 79.0 Å². The minimum Gasteiger partial charge on any atom is -0.472 e. The molecule has 1 N–H and O–H groups in total. The number of benzene rings is 2. The second kappa shape index (κ2) is 9.21. The molecule has 1 fully saturated rings. The second-order valence-electron chi connectivity index (χ2n) is 6.55. The van der Waals surface area contributed by atoms with Gasteiger partial charge in [0, 0.05) is 31.2 Å². The number of urea groups is 1. The van der Waals surface area contributed by atoms with E-state index in [1.807, 2.05) is 6.92 Å². The molecule has 0 aliphatic carbocycles. The number of aryl methyl sites for hydroxylation is 1. The molecule has 1 heterocycles. The first-order valence-corrected chi connectivity index (χ1v) is 11.1. The fourth-order valence-electron chi connectivity index (χ4n) is 2.87. The minimum absolute atomic E-state index is 0.0674. The Kier molecular flexibility index (Phi) is 6.89. The van der Waals surface area contributed by atoms with E-state index in [2.05, 4.69) is 5.32 Å². The zero-order chi connectivity index (χ0) is 21.0. The molecule has 29 heavy (non-hydrogen) atoms. The van der Waals surface area contributed by atoms with E-state index in [0.29, 0.717) is 28.9 Å². The normalized spacial score (nSPS) is 15.2. The van der Waals surface area contributed by atoms with E-state index in [0.717, 1.165) is 5.56 Å². The number of hydrogen-bond acceptors (Lipinski definition) is 4. The zero-order valence-electron chi connectivity index (χ0n) is 15.8. The summed E-state index contributed by atoms with van der Waals surface area (Å²) in [5.74, 6) is 0.408. The average Bonchev–Trinajstić information content (AvgIpc) is 2.70. The van der Waals surface area contributed by atoms with E-state index < -0.39 is 10.0 Å². The van der Waals surface area contributed by atoms with Crippen molar-refractivity contribution in [1.29, 1.82) is 0 Å². The Balaban J connectivity index is 1.49. The molecule has 0 atom stereocenters. The molecule has 0 radical (unpaired) electrons. The first-order valence-electron chi connectivity index (χ1n) is 8.95. The Morgan fingerprint density at radius 2 is 1.72 bits per heavy atom. The molecule has 156 valence electrons. The van der Waals surface area contributed by atoms with Gasteiger partial charge in [-0.3, -0.25) is 0 Å². The highest BCUT2D eigenvalue weighted by Crippen LogP contribution is 2.27. The second-order valence-corrected chi connectivity index (χ2v) is 9.33. The molecule has 2 aromatic rings. The minimum atomic E-state index is -3.56. The van der Waals surface area contributed by atoms with Crippen LogP contribution in [0.5, 0.6) is 5.75 Å². The molecule has 0 saturated carbocycles. The smallest absolute Gasteiger partial charge is 0.320 e. The van der Waals surface area contributed by atoms with Gasteiger partial charge in [-0.2, -0.15) is 4.31 Å². The van der Waals surface area contributed by atoms with Crippen LogP contribution in [0.15, 0.2) is 47.4 Å². The highest BCUT2D eigenvalue weighted by molar-refractivity contribution is 7.89. The molecule has 7 nitrogen and oxygen atoms in total. The summed E-state index contributed by atoms with van der Waals surface area (Å²) < 4.78 is 32.3. The van der Waals surface area contributed by atoms with Gasteiger partial charge in [0.05, 0.1) is 9.92 Å². The van der Waals surface area contributed by atoms with E-state index in [-0.39, 0.29) is 30.7 Å². The van der Waals surface area contributed by atoms with Crippen molar-refractivity contribution in [2.75, 3.05) is 32.9 Å². The number of piperazine rings is 1. The Bertz CT molecular complexity index is 975. The van der Waals surface area contributed by atoms with E-state index >= 15 is 0 Å². The van der Waals surface area contributed by atoms with Gasteiger partial charge >= 0.3 is 6.03 Å². The largest absolute Gasteiger partial charge is 0.472 e. The summed E-state index contributed by atoms with van der Waals surface area (Å²) >= 11 is 11.8. The van der Waals surface area contributed by atoms with Crippen molar-refractivity contribution in [3.63, 3.8) is 0 Å². The highest BCUT2D eigenvalue weighted by Gasteiger charge is 2.30. The fraction of sp³-hybridized carbons (Fsp3) is 0.316. The lowest BCUT2D eigenvalue weighted by Gasteiger charge is -2.34. The molecule has 1 aliphatic rings. The monoisotopic (exact) mass is 457 g/mol. The summed E-state index contributed by atoms with van der Waals surface area (Å²) in [6.07, 6.45) is 0. The zero-order valence-corrected chi connectivity index (χ0v) is 18.1. The number of carbonyl (C=O) groups is 1. The van der Waals surface area contributed by atoms with Crippen molar-refractivity contribution in [2.24, 2.45) is 0 Å². The van der Waals surface area contributed by atoms with Gasteiger partial charge in [-0.05, 0) is 37.3 Å². The summed E-state index contributed by atoms with van der Waals surface area (Å²) in [6, 6.07) is 11.2. The van der Waals surface area contributed by atoms with Gasteiger partial charge in [0.2, 0.25) is 10.0 Å². The number of nitrogens with one attached hydrogen (secondary N) is 1. The molecule has 0 spiro atoms. The predicted octanol–water partition coefficient (Wildman–Crippen LogP) is 3.35. The number of nitrogens with zero attached hydrogens (tertiary/aromatic N) is 2. The SMILES string of the molecule is Cc1ccc(S(=O)(=O)N2CCN(C(=O)NCOc3ccc(Cl)cc3Cl)CC2)cc1. The lowest BCUT2D eigenvalue weighted by molar-refractivity contribution is 0.162. The van der Waals surface area contributed by atoms with Crippen LogP contribution in [0, 0.1) is 6.92 Å². The molecule has 10 heteroatoms. The molecule has 0 unspecified atom stereocenters. The number of halogens is 2. The van der Waals surface area contributed by atoms with Gasteiger partial charge in [-0.1, -0.05) is 40.9 Å². The summed E-state index contributed by atoms with van der Waals surface area (Å²) in [5.41, 5.74) is 0.993. The van der Waals surface area contributed by atoms with Crippen molar-refractivity contribution >= 4 is 39.3 Å². The van der Waals surface area contributed by atoms with Gasteiger partial charge < -0.3 is 15.0 Å². The van der Waals surface area contributed by atoms with Crippen LogP contribution in [0.4, 0.5) is 4.79 Å². The molecular weight excluding hydrogens is 437 g/mol. The van der Waals surface area contributed by atoms with Gasteiger partial charge in [-0.25, -0.2) is 13.2 Å². The highest BCUT2D eigenvalue weighted by atomic mass is 35.5. The Morgan fingerprint density at radius 1 is 1.07 bits per heavy atom. The summed E-state index contributed by atoms with van der Waals surface area (Å²) in [7, 11) is -3.56. The number of carbonyl (C=O) groups excluding carboxylic acids is 1. The molecule has 2 amide bonds. The Labute approximate surface area is 180 Å². The molecule has 3 rings (SSSR count). The van der Waals surface area contributed by atoms with Crippen molar-refractivity contribution in [3.05, 3.63) is 58.1 Å². The number of rotatable bonds is 5. The average molecular weight is 458 g/mol. The van der Waals surface area contributed by atoms with E-state index in [1.165, 1.54) is 4.31 Å². The molecule has 1 aliphatic heterocycles. The van der Waals surface area contributed by atoms with Crippen molar-refractivity contribution < 1.29 is 17.9 Å². The van der Waals surface area contributed by atoms with Crippen molar-refractivity contribution in [2.45, 2.75) is 11.8 Å². The molecule has 0 bridgehead atoms. The van der Waals surface area contributed by atoms with Crippen LogP contribution in [-0.4, -0.2) is 56.6 Å². The van der Waals surface area contributed by atoms with Crippen LogP contribution >= 0.6 is 23.2 Å². The van der Waals surface area contributed by atoms with Crippen LogP contribution in [0.2, 0.25) is 10.0 Å². The third-order valence-corrected chi connectivity index (χ3v) is 6.97. The number of ether oxygens (including phenoxy) is 1. The van der Waals surface area contributed by atoms with Crippen LogP contribution in [0.25, 0.3) is 0 Å². The summed E-state index contributed by atoms with van der Waals surface area (Å²) in [5, 5.41) is 3.48. The number of hydrogen-bond donors (Lipinski definition) is 1. The van der Waals surface area contributed by atoms with Gasteiger partial charge in [0.25, 0.3) is 0 Å². The lowest BCUT2D eigenvalue weighted by Crippen LogP contribution is -2.53. The molecule has 1 saturated heterocycles. The number of sulfonamides is 1. The maximum absolute atomic E-state index is 12.7. The van der Waals surface area contributed by atoms with Crippen LogP contribution in [0.3, 0.4) is 0 Å². The van der Waals surface area contributed by atoms with Gasteiger partial charge in [0.1, 0.15) is 5.75 Å². The summed E-state index contributed by atoms with van der Waals surface area (Å²) in [6.45, 7) is 2.87. The van der Waals surface area contributed by atoms with E-state index in [4.69, 9.17) is 27.9 Å². The van der Waals surface area contributed by atoms with Crippen LogP contribution in [0.1, 0.15) is 5.56 Å². The quantitative estimate of drug-likeness (QED) is 0.698. The van der Waals surface area contributed by atoms with Crippen molar-refractivity contribution in [3.8, 4) is 5.75 Å². The standard InChI is InChI=1S/C19H21Cl2N3O4S/c1-14-2-5-16(6-3-14)29(26,27)24-10-8-23(9-11-24)19(25)22-13-28-18-7-4-15(20)12-17(18)21/h2-7,12H,8-11,13H2,1H3,(H,22,25). The Morgan fingerprint density at radius 3 is 2.34 bits per heavy atom. The van der Waals surface area contributed by atoms with Crippen molar-refractivity contribution in [1.82, 2.24) is 14.5 Å². The third-order valence-electron chi connectivity index (χ3n) is 4.53. The maximum Gasteiger partial charge on any atom is 0.320 e. The fourth-order valence-corrected chi connectivity index (χ4v) is 4.76. The number of amides is 2. The first kappa shape index (κ1) is 21.7.